The molecule has 0 saturated carbocycles. The molecule has 0 aromatic carbocycles. The van der Waals surface area contributed by atoms with Crippen molar-refractivity contribution >= 4 is 16.9 Å². The van der Waals surface area contributed by atoms with E-state index in [0.29, 0.717) is 19.5 Å². The molecular formula is C14H21N7. The van der Waals surface area contributed by atoms with Gasteiger partial charge in [-0.2, -0.15) is 10.4 Å². The first kappa shape index (κ1) is 15.2. The van der Waals surface area contributed by atoms with Crippen LogP contribution >= 0.6 is 0 Å². The molecule has 0 radical (unpaired) electrons. The van der Waals surface area contributed by atoms with Crippen LogP contribution in [0.2, 0.25) is 0 Å². The van der Waals surface area contributed by atoms with Crippen LogP contribution in [-0.4, -0.2) is 44.8 Å². The van der Waals surface area contributed by atoms with Crippen LogP contribution in [0.1, 0.15) is 25.6 Å². The second kappa shape index (κ2) is 6.99. The normalized spacial score (nSPS) is 11.0. The maximum Gasteiger partial charge on any atom is 0.163 e. The highest BCUT2D eigenvalue weighted by atomic mass is 15.3. The van der Waals surface area contributed by atoms with Gasteiger partial charge in [0.2, 0.25) is 0 Å². The Morgan fingerprint density at radius 1 is 1.43 bits per heavy atom. The second-order valence-electron chi connectivity index (χ2n) is 5.07. The predicted octanol–water partition coefficient (Wildman–Crippen LogP) is 1.53. The van der Waals surface area contributed by atoms with Gasteiger partial charge < -0.3 is 5.32 Å². The van der Waals surface area contributed by atoms with Gasteiger partial charge >= 0.3 is 0 Å². The van der Waals surface area contributed by atoms with Crippen LogP contribution in [0.25, 0.3) is 11.0 Å². The third-order valence-electron chi connectivity index (χ3n) is 3.20. The molecule has 2 heterocycles. The third kappa shape index (κ3) is 3.67. The lowest BCUT2D eigenvalue weighted by molar-refractivity contribution is 0.326. The molecule has 0 unspecified atom stereocenters. The van der Waals surface area contributed by atoms with Crippen molar-refractivity contribution in [2.24, 2.45) is 7.05 Å². The van der Waals surface area contributed by atoms with Crippen LogP contribution in [0.5, 0.6) is 0 Å². The Kier molecular flexibility index (Phi) is 5.06. The lowest BCUT2D eigenvalue weighted by Gasteiger charge is -2.15. The SMILES string of the molecule is CCCNc1nc(CN(C)CCC#N)nc2c1cnn2C. The molecule has 0 fully saturated rings. The van der Waals surface area contributed by atoms with Crippen LogP contribution in [0.3, 0.4) is 0 Å². The summed E-state index contributed by atoms with van der Waals surface area (Å²) < 4.78 is 1.76. The van der Waals surface area contributed by atoms with Gasteiger partial charge in [-0.25, -0.2) is 9.97 Å². The van der Waals surface area contributed by atoms with Gasteiger partial charge in [-0.3, -0.25) is 9.58 Å². The summed E-state index contributed by atoms with van der Waals surface area (Å²) in [5.74, 6) is 1.57. The molecule has 1 N–H and O–H groups in total. The van der Waals surface area contributed by atoms with E-state index < -0.39 is 0 Å². The highest BCUT2D eigenvalue weighted by Crippen LogP contribution is 2.20. The first-order valence-electron chi connectivity index (χ1n) is 7.13. The lowest BCUT2D eigenvalue weighted by atomic mass is 10.3. The molecule has 2 aromatic rings. The van der Waals surface area contributed by atoms with E-state index >= 15 is 0 Å². The Morgan fingerprint density at radius 2 is 2.24 bits per heavy atom. The van der Waals surface area contributed by atoms with E-state index in [-0.39, 0.29) is 0 Å². The van der Waals surface area contributed by atoms with Gasteiger partial charge in [0.05, 0.1) is 24.2 Å². The van der Waals surface area contributed by atoms with Gasteiger partial charge in [-0.15, -0.1) is 0 Å². The Hall–Kier alpha value is -2.20. The minimum absolute atomic E-state index is 0.505. The summed E-state index contributed by atoms with van der Waals surface area (Å²) in [7, 11) is 3.84. The maximum absolute atomic E-state index is 8.64. The summed E-state index contributed by atoms with van der Waals surface area (Å²) in [6.45, 7) is 4.31. The van der Waals surface area contributed by atoms with E-state index in [1.165, 1.54) is 0 Å². The molecule has 2 aromatic heterocycles. The van der Waals surface area contributed by atoms with Crippen molar-refractivity contribution in [3.8, 4) is 6.07 Å². The molecular weight excluding hydrogens is 266 g/mol. The number of rotatable bonds is 7. The smallest absolute Gasteiger partial charge is 0.163 e. The van der Waals surface area contributed by atoms with Gasteiger partial charge in [0.1, 0.15) is 11.6 Å². The van der Waals surface area contributed by atoms with Gasteiger partial charge in [0.15, 0.2) is 5.65 Å². The van der Waals surface area contributed by atoms with E-state index in [9.17, 15) is 0 Å². The summed E-state index contributed by atoms with van der Waals surface area (Å²) in [6, 6.07) is 2.15. The summed E-state index contributed by atoms with van der Waals surface area (Å²) in [6.07, 6.45) is 3.32. The maximum atomic E-state index is 8.64. The van der Waals surface area contributed by atoms with E-state index in [4.69, 9.17) is 5.26 Å². The number of hydrogen-bond donors (Lipinski definition) is 1. The highest BCUT2D eigenvalue weighted by molar-refractivity contribution is 5.86. The van der Waals surface area contributed by atoms with Crippen LogP contribution in [0.15, 0.2) is 6.20 Å². The van der Waals surface area contributed by atoms with Crippen LogP contribution in [-0.2, 0) is 13.6 Å². The highest BCUT2D eigenvalue weighted by Gasteiger charge is 2.12. The van der Waals surface area contributed by atoms with E-state index in [1.54, 1.807) is 10.9 Å². The summed E-state index contributed by atoms with van der Waals surface area (Å²) >= 11 is 0. The summed E-state index contributed by atoms with van der Waals surface area (Å²) in [4.78, 5) is 11.2. The molecule has 7 heteroatoms. The molecule has 21 heavy (non-hydrogen) atoms. The van der Waals surface area contributed by atoms with Crippen LogP contribution in [0, 0.1) is 11.3 Å². The summed E-state index contributed by atoms with van der Waals surface area (Å²) in [5.41, 5.74) is 0.826. The fourth-order valence-electron chi connectivity index (χ4n) is 2.08. The molecule has 112 valence electrons. The number of nitriles is 1. The predicted molar refractivity (Wildman–Crippen MR) is 81.6 cm³/mol. The fraction of sp³-hybridized carbons (Fsp3) is 0.571. The number of aryl methyl sites for hydroxylation is 1. The molecule has 0 amide bonds. The van der Waals surface area contributed by atoms with Gasteiger partial charge in [0, 0.05) is 26.6 Å². The minimum Gasteiger partial charge on any atom is -0.369 e. The van der Waals surface area contributed by atoms with E-state index in [0.717, 1.165) is 35.6 Å². The average Bonchev–Trinajstić information content (AvgIpc) is 2.84. The van der Waals surface area contributed by atoms with E-state index in [2.05, 4.69) is 33.4 Å². The molecule has 0 aliphatic rings. The zero-order valence-corrected chi connectivity index (χ0v) is 12.8. The first-order chi connectivity index (χ1) is 10.2. The Morgan fingerprint density at radius 3 is 2.95 bits per heavy atom. The molecule has 0 aliphatic carbocycles. The fourth-order valence-corrected chi connectivity index (χ4v) is 2.08. The van der Waals surface area contributed by atoms with Gasteiger partial charge in [0.25, 0.3) is 0 Å². The third-order valence-corrected chi connectivity index (χ3v) is 3.20. The molecule has 0 atom stereocenters. The first-order valence-corrected chi connectivity index (χ1v) is 7.13. The lowest BCUT2D eigenvalue weighted by Crippen LogP contribution is -2.21. The molecule has 7 nitrogen and oxygen atoms in total. The van der Waals surface area contributed by atoms with Gasteiger partial charge in [-0.1, -0.05) is 6.92 Å². The molecule has 0 spiro atoms. The average molecular weight is 287 g/mol. The molecule has 0 bridgehead atoms. The Bertz CT molecular complexity index is 641. The van der Waals surface area contributed by atoms with Crippen molar-refractivity contribution in [3.05, 3.63) is 12.0 Å². The van der Waals surface area contributed by atoms with Crippen molar-refractivity contribution in [1.29, 1.82) is 5.26 Å². The number of nitrogens with one attached hydrogen (secondary N) is 1. The number of nitrogens with zero attached hydrogens (tertiary/aromatic N) is 6. The Labute approximate surface area is 124 Å². The topological polar surface area (TPSA) is 82.7 Å². The molecule has 0 aliphatic heterocycles. The monoisotopic (exact) mass is 287 g/mol. The minimum atomic E-state index is 0.505. The number of aromatic nitrogens is 4. The van der Waals surface area contributed by atoms with E-state index in [1.807, 2.05) is 19.0 Å². The van der Waals surface area contributed by atoms with Crippen molar-refractivity contribution < 1.29 is 0 Å². The van der Waals surface area contributed by atoms with Gasteiger partial charge in [-0.05, 0) is 13.5 Å². The zero-order chi connectivity index (χ0) is 15.2. The van der Waals surface area contributed by atoms with Crippen molar-refractivity contribution in [3.63, 3.8) is 0 Å². The Balaban J connectivity index is 2.27. The van der Waals surface area contributed by atoms with Crippen molar-refractivity contribution in [1.82, 2.24) is 24.6 Å². The molecule has 0 saturated heterocycles. The standard InChI is InChI=1S/C14H21N7/c1-4-7-16-13-11-9-17-21(3)14(11)19-12(18-13)10-20(2)8-5-6-15/h9H,4-5,7-8,10H2,1-3H3,(H,16,18,19). The summed E-state index contributed by atoms with van der Waals surface area (Å²) in [5, 5.41) is 17.2. The second-order valence-corrected chi connectivity index (χ2v) is 5.07. The zero-order valence-electron chi connectivity index (χ0n) is 12.8. The van der Waals surface area contributed by atoms with Crippen LogP contribution in [0.4, 0.5) is 5.82 Å². The quantitative estimate of drug-likeness (QED) is 0.831. The number of anilines is 1. The van der Waals surface area contributed by atoms with Crippen molar-refractivity contribution in [2.45, 2.75) is 26.3 Å². The van der Waals surface area contributed by atoms with Crippen molar-refractivity contribution in [2.75, 3.05) is 25.5 Å². The molecule has 2 rings (SSSR count). The number of hydrogen-bond acceptors (Lipinski definition) is 6. The number of fused-ring (bicyclic) bond motifs is 1. The van der Waals surface area contributed by atoms with Crippen LogP contribution < -0.4 is 5.32 Å². The largest absolute Gasteiger partial charge is 0.369 e.